The summed E-state index contributed by atoms with van der Waals surface area (Å²) in [5.41, 5.74) is 1.15. The van der Waals surface area contributed by atoms with Crippen LogP contribution in [0.15, 0.2) is 29.8 Å². The van der Waals surface area contributed by atoms with Crippen LogP contribution in [-0.4, -0.2) is 40.2 Å². The van der Waals surface area contributed by atoms with Crippen LogP contribution in [0.4, 0.5) is 0 Å². The second-order valence-electron chi connectivity index (χ2n) is 4.94. The summed E-state index contributed by atoms with van der Waals surface area (Å²) in [6.07, 6.45) is 1.88. The molecule has 1 atom stereocenters. The molecule has 1 aliphatic rings. The number of benzene rings is 1. The van der Waals surface area contributed by atoms with Gasteiger partial charge in [-0.1, -0.05) is 6.07 Å². The lowest BCUT2D eigenvalue weighted by Gasteiger charge is -2.34. The lowest BCUT2D eigenvalue weighted by molar-refractivity contribution is 0.211. The molecule has 0 spiro atoms. The van der Waals surface area contributed by atoms with Crippen molar-refractivity contribution < 1.29 is 9.84 Å². The Labute approximate surface area is 132 Å². The fourth-order valence-corrected chi connectivity index (χ4v) is 4.51. The molecule has 0 aliphatic carbocycles. The van der Waals surface area contributed by atoms with Crippen molar-refractivity contribution in [3.05, 3.63) is 40.3 Å². The largest absolute Gasteiger partial charge is 0.504 e. The van der Waals surface area contributed by atoms with Gasteiger partial charge in [0.1, 0.15) is 5.01 Å². The van der Waals surface area contributed by atoms with Gasteiger partial charge >= 0.3 is 0 Å². The number of aromatic hydroxyl groups is 1. The predicted molar refractivity (Wildman–Crippen MR) is 87.2 cm³/mol. The Morgan fingerprint density at radius 1 is 1.48 bits per heavy atom. The van der Waals surface area contributed by atoms with Gasteiger partial charge in [0.25, 0.3) is 0 Å². The summed E-state index contributed by atoms with van der Waals surface area (Å²) < 4.78 is 5.19. The maximum atomic E-state index is 9.69. The van der Waals surface area contributed by atoms with Crippen molar-refractivity contribution in [1.82, 2.24) is 9.88 Å². The maximum Gasteiger partial charge on any atom is 0.160 e. The lowest BCUT2D eigenvalue weighted by Crippen LogP contribution is -2.35. The molecule has 1 aromatic carbocycles. The maximum absolute atomic E-state index is 9.69. The zero-order chi connectivity index (χ0) is 14.7. The Hall–Kier alpha value is -1.24. The van der Waals surface area contributed by atoms with E-state index in [-0.39, 0.29) is 5.75 Å². The molecule has 2 heterocycles. The number of hydrogen-bond acceptors (Lipinski definition) is 6. The molecular weight excluding hydrogens is 304 g/mol. The van der Waals surface area contributed by atoms with E-state index in [4.69, 9.17) is 4.74 Å². The number of rotatable bonds is 4. The van der Waals surface area contributed by atoms with Crippen molar-refractivity contribution in [2.45, 2.75) is 12.6 Å². The monoisotopic (exact) mass is 322 g/mol. The van der Waals surface area contributed by atoms with Crippen LogP contribution < -0.4 is 4.74 Å². The van der Waals surface area contributed by atoms with Crippen molar-refractivity contribution in [3.8, 4) is 11.5 Å². The fourth-order valence-electron chi connectivity index (χ4n) is 2.51. The van der Waals surface area contributed by atoms with Crippen LogP contribution in [0.5, 0.6) is 11.5 Å². The van der Waals surface area contributed by atoms with E-state index in [9.17, 15) is 5.11 Å². The van der Waals surface area contributed by atoms with E-state index in [1.807, 2.05) is 35.5 Å². The van der Waals surface area contributed by atoms with Gasteiger partial charge in [-0.05, 0) is 17.7 Å². The van der Waals surface area contributed by atoms with Crippen molar-refractivity contribution in [1.29, 1.82) is 0 Å². The van der Waals surface area contributed by atoms with Gasteiger partial charge < -0.3 is 9.84 Å². The number of thiazole rings is 1. The first kappa shape index (κ1) is 14.7. The van der Waals surface area contributed by atoms with Crippen molar-refractivity contribution in [2.75, 3.05) is 25.2 Å². The molecule has 0 amide bonds. The van der Waals surface area contributed by atoms with Gasteiger partial charge in [0, 0.05) is 36.2 Å². The first-order chi connectivity index (χ1) is 10.3. The second-order valence-corrected chi connectivity index (χ2v) is 7.01. The lowest BCUT2D eigenvalue weighted by atomic mass is 10.1. The number of methoxy groups -OCH3 is 1. The summed E-state index contributed by atoms with van der Waals surface area (Å²) in [6, 6.07) is 5.95. The molecule has 1 fully saturated rings. The highest BCUT2D eigenvalue weighted by atomic mass is 32.2. The third-order valence-corrected chi connectivity index (χ3v) is 5.51. The number of hydrogen-bond donors (Lipinski definition) is 1. The third-order valence-electron chi connectivity index (χ3n) is 3.61. The Kier molecular flexibility index (Phi) is 4.67. The average Bonchev–Trinajstić information content (AvgIpc) is 3.04. The molecule has 1 saturated heterocycles. The number of ether oxygens (including phenoxy) is 1. The van der Waals surface area contributed by atoms with Gasteiger partial charge in [0.2, 0.25) is 0 Å². The van der Waals surface area contributed by atoms with E-state index >= 15 is 0 Å². The van der Waals surface area contributed by atoms with Crippen LogP contribution in [0, 0.1) is 0 Å². The molecule has 1 aromatic heterocycles. The average molecular weight is 322 g/mol. The Morgan fingerprint density at radius 3 is 3.14 bits per heavy atom. The predicted octanol–water partition coefficient (Wildman–Crippen LogP) is 3.15. The van der Waals surface area contributed by atoms with E-state index in [1.54, 1.807) is 24.5 Å². The molecule has 1 aliphatic heterocycles. The van der Waals surface area contributed by atoms with Crippen LogP contribution >= 0.6 is 23.1 Å². The summed E-state index contributed by atoms with van der Waals surface area (Å²) >= 11 is 3.71. The molecule has 0 unspecified atom stereocenters. The van der Waals surface area contributed by atoms with Gasteiger partial charge in [-0.3, -0.25) is 4.90 Å². The topological polar surface area (TPSA) is 45.6 Å². The highest BCUT2D eigenvalue weighted by Gasteiger charge is 2.26. The fraction of sp³-hybridized carbons (Fsp3) is 0.400. The normalized spacial score (nSPS) is 19.6. The standard InChI is InChI=1S/C15H18N2O2S2/c1-19-14-8-11(2-3-13(14)18)9-17-5-7-20-10-12(17)15-16-4-6-21-15/h2-4,6,8,12,18H,5,7,9-10H2,1H3/t12-/m1/s1. The highest BCUT2D eigenvalue weighted by molar-refractivity contribution is 7.99. The van der Waals surface area contributed by atoms with Crippen LogP contribution in [0.25, 0.3) is 0 Å². The van der Waals surface area contributed by atoms with Crippen LogP contribution in [0.1, 0.15) is 16.6 Å². The van der Waals surface area contributed by atoms with E-state index in [0.717, 1.165) is 30.2 Å². The van der Waals surface area contributed by atoms with Gasteiger partial charge in [-0.15, -0.1) is 11.3 Å². The van der Waals surface area contributed by atoms with Crippen molar-refractivity contribution in [2.24, 2.45) is 0 Å². The minimum absolute atomic E-state index is 0.187. The zero-order valence-corrected chi connectivity index (χ0v) is 13.5. The van der Waals surface area contributed by atoms with Gasteiger partial charge in [-0.2, -0.15) is 11.8 Å². The molecule has 21 heavy (non-hydrogen) atoms. The minimum Gasteiger partial charge on any atom is -0.504 e. The molecular formula is C15H18N2O2S2. The summed E-state index contributed by atoms with van der Waals surface area (Å²) in [6.45, 7) is 1.90. The number of phenolic OH excluding ortho intramolecular Hbond substituents is 1. The molecule has 0 radical (unpaired) electrons. The van der Waals surface area contributed by atoms with E-state index < -0.39 is 0 Å². The molecule has 1 N–H and O–H groups in total. The van der Waals surface area contributed by atoms with Gasteiger partial charge in [0.05, 0.1) is 13.2 Å². The smallest absolute Gasteiger partial charge is 0.160 e. The van der Waals surface area contributed by atoms with Crippen LogP contribution in [-0.2, 0) is 6.54 Å². The molecule has 4 nitrogen and oxygen atoms in total. The molecule has 2 aromatic rings. The van der Waals surface area contributed by atoms with Gasteiger partial charge in [0.15, 0.2) is 11.5 Å². The number of phenols is 1. The second kappa shape index (κ2) is 6.68. The van der Waals surface area contributed by atoms with Crippen molar-refractivity contribution >= 4 is 23.1 Å². The quantitative estimate of drug-likeness (QED) is 0.937. The number of nitrogens with zero attached hydrogens (tertiary/aromatic N) is 2. The first-order valence-electron chi connectivity index (χ1n) is 6.85. The summed E-state index contributed by atoms with van der Waals surface area (Å²) in [4.78, 5) is 6.94. The summed E-state index contributed by atoms with van der Waals surface area (Å²) in [5.74, 6) is 2.96. The summed E-state index contributed by atoms with van der Waals surface area (Å²) in [7, 11) is 1.58. The molecule has 0 bridgehead atoms. The summed E-state index contributed by atoms with van der Waals surface area (Å²) in [5, 5.41) is 12.9. The van der Waals surface area contributed by atoms with E-state index in [1.165, 1.54) is 5.01 Å². The SMILES string of the molecule is COc1cc(CN2CCSC[C@@H]2c2nccs2)ccc1O. The van der Waals surface area contributed by atoms with E-state index in [0.29, 0.717) is 11.8 Å². The minimum atomic E-state index is 0.187. The Bertz CT molecular complexity index is 589. The Morgan fingerprint density at radius 2 is 2.38 bits per heavy atom. The third kappa shape index (κ3) is 3.33. The molecule has 112 valence electrons. The zero-order valence-electron chi connectivity index (χ0n) is 11.9. The number of thioether (sulfide) groups is 1. The number of aromatic nitrogens is 1. The molecule has 6 heteroatoms. The Balaban J connectivity index is 1.78. The van der Waals surface area contributed by atoms with Crippen molar-refractivity contribution in [3.63, 3.8) is 0 Å². The van der Waals surface area contributed by atoms with Crippen LogP contribution in [0.2, 0.25) is 0 Å². The molecule has 3 rings (SSSR count). The molecule has 0 saturated carbocycles. The van der Waals surface area contributed by atoms with E-state index in [2.05, 4.69) is 9.88 Å². The highest BCUT2D eigenvalue weighted by Crippen LogP contribution is 2.33. The first-order valence-corrected chi connectivity index (χ1v) is 8.88. The van der Waals surface area contributed by atoms with Crippen LogP contribution in [0.3, 0.4) is 0 Å². The van der Waals surface area contributed by atoms with Gasteiger partial charge in [-0.25, -0.2) is 4.98 Å².